The zero-order valence-corrected chi connectivity index (χ0v) is 17.5. The lowest BCUT2D eigenvalue weighted by Gasteiger charge is -2.29. The van der Waals surface area contributed by atoms with Crippen LogP contribution in [0.2, 0.25) is 0 Å². The lowest BCUT2D eigenvalue weighted by molar-refractivity contribution is -0.00178. The van der Waals surface area contributed by atoms with Gasteiger partial charge in [-0.05, 0) is 19.9 Å². The van der Waals surface area contributed by atoms with Gasteiger partial charge in [0.05, 0.1) is 48.2 Å². The van der Waals surface area contributed by atoms with Crippen LogP contribution >= 0.6 is 0 Å². The predicted molar refractivity (Wildman–Crippen MR) is 113 cm³/mol. The van der Waals surface area contributed by atoms with E-state index in [1.165, 1.54) is 32.6 Å². The third kappa shape index (κ3) is 4.37. The molecule has 0 aromatic carbocycles. The minimum absolute atomic E-state index is 0.0259. The first-order valence-electron chi connectivity index (χ1n) is 9.99. The Kier molecular flexibility index (Phi) is 5.73. The molecule has 166 valence electrons. The third-order valence-electron chi connectivity index (χ3n) is 5.10. The number of alkyl halides is 1. The van der Waals surface area contributed by atoms with Crippen molar-refractivity contribution in [1.82, 2.24) is 24.8 Å². The van der Waals surface area contributed by atoms with Gasteiger partial charge in [0.2, 0.25) is 0 Å². The number of aliphatic hydroxyl groups is 1. The molecule has 10 nitrogen and oxygen atoms in total. The summed E-state index contributed by atoms with van der Waals surface area (Å²) in [6, 6.07) is 5.35. The molecular formula is C21H22FN7O3. The van der Waals surface area contributed by atoms with Crippen LogP contribution in [-0.2, 0) is 4.74 Å². The van der Waals surface area contributed by atoms with Crippen LogP contribution in [0.4, 0.5) is 10.1 Å². The van der Waals surface area contributed by atoms with Crippen molar-refractivity contribution in [2.45, 2.75) is 31.7 Å². The molecule has 1 amide bonds. The summed E-state index contributed by atoms with van der Waals surface area (Å²) in [6.07, 6.45) is 2.74. The first-order valence-corrected chi connectivity index (χ1v) is 9.99. The van der Waals surface area contributed by atoms with E-state index in [9.17, 15) is 14.3 Å². The summed E-state index contributed by atoms with van der Waals surface area (Å²) in [7, 11) is 0. The van der Waals surface area contributed by atoms with E-state index in [1.54, 1.807) is 16.7 Å². The van der Waals surface area contributed by atoms with Gasteiger partial charge in [-0.15, -0.1) is 0 Å². The summed E-state index contributed by atoms with van der Waals surface area (Å²) >= 11 is 0. The Hall–Kier alpha value is -3.62. The van der Waals surface area contributed by atoms with E-state index >= 15 is 0 Å². The highest BCUT2D eigenvalue weighted by Gasteiger charge is 2.28. The Morgan fingerprint density at radius 3 is 2.81 bits per heavy atom. The van der Waals surface area contributed by atoms with Crippen LogP contribution in [-0.4, -0.2) is 68.1 Å². The van der Waals surface area contributed by atoms with Gasteiger partial charge in [-0.25, -0.2) is 19.3 Å². The molecule has 3 N–H and O–H groups in total. The number of carbonyl (C=O) groups excluding carboxylic acids is 1. The topological polar surface area (TPSA) is 138 Å². The van der Waals surface area contributed by atoms with Gasteiger partial charge in [-0.1, -0.05) is 0 Å². The number of fused-ring (bicyclic) bond motifs is 1. The Morgan fingerprint density at radius 1 is 1.38 bits per heavy atom. The minimum atomic E-state index is -1.63. The molecule has 3 aromatic heterocycles. The van der Waals surface area contributed by atoms with Gasteiger partial charge < -0.3 is 20.5 Å². The van der Waals surface area contributed by atoms with E-state index in [1.807, 2.05) is 6.07 Å². The first kappa shape index (κ1) is 21.6. The average Bonchev–Trinajstić information content (AvgIpc) is 3.16. The number of nitrogens with zero attached hydrogens (tertiary/aromatic N) is 5. The van der Waals surface area contributed by atoms with Crippen molar-refractivity contribution >= 4 is 22.8 Å². The van der Waals surface area contributed by atoms with E-state index < -0.39 is 17.7 Å². The molecular weight excluding hydrogens is 417 g/mol. The highest BCUT2D eigenvalue weighted by molar-refractivity contribution is 5.99. The number of amides is 1. The number of aromatic nitrogens is 4. The molecule has 0 aliphatic carbocycles. The van der Waals surface area contributed by atoms with Crippen molar-refractivity contribution in [2.24, 2.45) is 0 Å². The summed E-state index contributed by atoms with van der Waals surface area (Å²) < 4.78 is 20.9. The number of halogens is 1. The summed E-state index contributed by atoms with van der Waals surface area (Å²) in [5.74, 6) is -0.0603. The van der Waals surface area contributed by atoms with Crippen LogP contribution in [0.15, 0.2) is 30.9 Å². The van der Waals surface area contributed by atoms with Crippen LogP contribution in [0.1, 0.15) is 29.8 Å². The molecule has 1 saturated heterocycles. The molecule has 1 atom stereocenters. The number of anilines is 1. The zero-order chi connectivity index (χ0) is 22.9. The van der Waals surface area contributed by atoms with E-state index in [0.29, 0.717) is 41.4 Å². The monoisotopic (exact) mass is 439 g/mol. The fourth-order valence-electron chi connectivity index (χ4n) is 3.07. The summed E-state index contributed by atoms with van der Waals surface area (Å²) in [5.41, 5.74) is 0.600. The lowest BCUT2D eigenvalue weighted by Crippen LogP contribution is -2.43. The molecule has 1 aliphatic heterocycles. The predicted octanol–water partition coefficient (Wildman–Crippen LogP) is 1.34. The molecule has 1 fully saturated rings. The Balaban J connectivity index is 1.64. The molecule has 1 aliphatic rings. The number of hydrogen-bond donors (Lipinski definition) is 3. The van der Waals surface area contributed by atoms with Crippen molar-refractivity contribution in [1.29, 1.82) is 5.26 Å². The molecule has 11 heteroatoms. The van der Waals surface area contributed by atoms with E-state index in [4.69, 9.17) is 10.00 Å². The molecule has 1 unspecified atom stereocenters. The smallest absolute Gasteiger partial charge is 0.255 e. The molecule has 0 bridgehead atoms. The van der Waals surface area contributed by atoms with Gasteiger partial charge >= 0.3 is 0 Å². The molecule has 0 saturated carbocycles. The van der Waals surface area contributed by atoms with Crippen molar-refractivity contribution in [3.63, 3.8) is 0 Å². The molecule has 0 radical (unpaired) electrons. The van der Waals surface area contributed by atoms with Crippen LogP contribution in [0.5, 0.6) is 0 Å². The quantitative estimate of drug-likeness (QED) is 0.501. The van der Waals surface area contributed by atoms with Gasteiger partial charge in [0.1, 0.15) is 29.9 Å². The summed E-state index contributed by atoms with van der Waals surface area (Å²) in [6.45, 7) is 3.33. The number of ether oxygens (including phenoxy) is 1. The number of carbonyl (C=O) groups is 1. The Labute approximate surface area is 183 Å². The highest BCUT2D eigenvalue weighted by Crippen LogP contribution is 2.23. The molecule has 3 aromatic rings. The van der Waals surface area contributed by atoms with Gasteiger partial charge in [0.15, 0.2) is 5.65 Å². The summed E-state index contributed by atoms with van der Waals surface area (Å²) in [4.78, 5) is 25.7. The van der Waals surface area contributed by atoms with Crippen LogP contribution in [0, 0.1) is 11.3 Å². The Bertz CT molecular complexity index is 1190. The van der Waals surface area contributed by atoms with Crippen LogP contribution in [0.25, 0.3) is 17.0 Å². The van der Waals surface area contributed by atoms with Crippen LogP contribution in [0.3, 0.4) is 0 Å². The van der Waals surface area contributed by atoms with Crippen molar-refractivity contribution in [3.05, 3.63) is 42.0 Å². The maximum atomic E-state index is 14.1. The number of hydrogen-bond acceptors (Lipinski definition) is 8. The van der Waals surface area contributed by atoms with Gasteiger partial charge in [-0.2, -0.15) is 5.26 Å². The molecule has 4 rings (SSSR count). The van der Waals surface area contributed by atoms with Gasteiger partial charge in [-0.3, -0.25) is 9.36 Å². The second-order valence-electron chi connectivity index (χ2n) is 8.09. The number of nitriles is 1. The summed E-state index contributed by atoms with van der Waals surface area (Å²) in [5, 5.41) is 24.5. The second-order valence-corrected chi connectivity index (χ2v) is 8.09. The number of imidazole rings is 1. The lowest BCUT2D eigenvalue weighted by atomic mass is 10.0. The van der Waals surface area contributed by atoms with Gasteiger partial charge in [0.25, 0.3) is 5.91 Å². The fourth-order valence-corrected chi connectivity index (χ4v) is 3.07. The van der Waals surface area contributed by atoms with Gasteiger partial charge in [0, 0.05) is 18.5 Å². The largest absolute Gasteiger partial charge is 0.387 e. The average molecular weight is 439 g/mol. The van der Waals surface area contributed by atoms with Crippen molar-refractivity contribution in [2.75, 3.05) is 25.1 Å². The minimum Gasteiger partial charge on any atom is -0.387 e. The maximum absolute atomic E-state index is 14.1. The SMILES string of the molecule is CC(C)(O)C(F)CNC(=O)c1cnc(-n2cnc3cc(C#N)cnc32)cc1NC1COC1. The number of pyridine rings is 2. The maximum Gasteiger partial charge on any atom is 0.255 e. The van der Waals surface area contributed by atoms with Crippen molar-refractivity contribution < 1.29 is 19.0 Å². The molecule has 4 heterocycles. The first-order chi connectivity index (χ1) is 15.3. The van der Waals surface area contributed by atoms with E-state index in [-0.39, 0.29) is 18.2 Å². The number of rotatable bonds is 7. The highest BCUT2D eigenvalue weighted by atomic mass is 19.1. The molecule has 0 spiro atoms. The second kappa shape index (κ2) is 8.49. The third-order valence-corrected chi connectivity index (χ3v) is 5.10. The fraction of sp³-hybridized carbons (Fsp3) is 0.381. The molecule has 32 heavy (non-hydrogen) atoms. The standard InChI is InChI=1S/C21H22FN7O3/c1-21(2,31)17(22)8-26-20(30)14-7-24-18(4-15(14)28-13-9-32-10-13)29-11-27-16-3-12(5-23)6-25-19(16)29/h3-4,6-7,11,13,17,31H,8-10H2,1-2H3,(H,24,28)(H,26,30). The van der Waals surface area contributed by atoms with Crippen LogP contribution < -0.4 is 10.6 Å². The number of nitrogens with one attached hydrogen (secondary N) is 2. The van der Waals surface area contributed by atoms with Crippen molar-refractivity contribution in [3.8, 4) is 11.9 Å². The zero-order valence-electron chi connectivity index (χ0n) is 17.5. The Morgan fingerprint density at radius 2 is 2.16 bits per heavy atom. The van der Waals surface area contributed by atoms with E-state index in [0.717, 1.165) is 0 Å². The van der Waals surface area contributed by atoms with E-state index in [2.05, 4.69) is 25.6 Å². The normalized spacial score (nSPS) is 15.1.